The van der Waals surface area contributed by atoms with Gasteiger partial charge in [-0.25, -0.2) is 0 Å². The predicted molar refractivity (Wildman–Crippen MR) is 71.2 cm³/mol. The SMILES string of the molecule is CC1CC(c2csc3ccccc23)C(C)N1. The molecule has 1 aromatic heterocycles. The topological polar surface area (TPSA) is 12.0 Å². The van der Waals surface area contributed by atoms with E-state index in [0.29, 0.717) is 18.0 Å². The number of hydrogen-bond donors (Lipinski definition) is 1. The van der Waals surface area contributed by atoms with Gasteiger partial charge < -0.3 is 5.32 Å². The van der Waals surface area contributed by atoms with Gasteiger partial charge in [0, 0.05) is 22.7 Å². The van der Waals surface area contributed by atoms with Gasteiger partial charge in [0.1, 0.15) is 0 Å². The molecule has 3 unspecified atom stereocenters. The fourth-order valence-electron chi connectivity index (χ4n) is 2.90. The maximum absolute atomic E-state index is 3.62. The minimum Gasteiger partial charge on any atom is -0.311 e. The molecule has 1 N–H and O–H groups in total. The van der Waals surface area contributed by atoms with Crippen molar-refractivity contribution in [1.82, 2.24) is 5.32 Å². The first-order valence-corrected chi connectivity index (χ1v) is 6.86. The van der Waals surface area contributed by atoms with Crippen LogP contribution in [0.1, 0.15) is 31.7 Å². The van der Waals surface area contributed by atoms with Gasteiger partial charge in [0.05, 0.1) is 0 Å². The van der Waals surface area contributed by atoms with Gasteiger partial charge in [-0.3, -0.25) is 0 Å². The van der Waals surface area contributed by atoms with E-state index in [9.17, 15) is 0 Å². The summed E-state index contributed by atoms with van der Waals surface area (Å²) in [5.74, 6) is 0.686. The summed E-state index contributed by atoms with van der Waals surface area (Å²) in [7, 11) is 0. The molecule has 1 aliphatic heterocycles. The first-order valence-electron chi connectivity index (χ1n) is 5.98. The molecule has 2 aromatic rings. The first kappa shape index (κ1) is 10.3. The normalized spacial score (nSPS) is 30.0. The molecule has 0 aliphatic carbocycles. The maximum atomic E-state index is 3.62. The Morgan fingerprint density at radius 2 is 2.06 bits per heavy atom. The van der Waals surface area contributed by atoms with Crippen LogP contribution in [0.25, 0.3) is 10.1 Å². The Labute approximate surface area is 100 Å². The lowest BCUT2D eigenvalue weighted by molar-refractivity contribution is 0.576. The van der Waals surface area contributed by atoms with E-state index < -0.39 is 0 Å². The van der Waals surface area contributed by atoms with Crippen molar-refractivity contribution in [2.24, 2.45) is 0 Å². The molecule has 0 saturated carbocycles. The van der Waals surface area contributed by atoms with E-state index in [1.807, 2.05) is 11.3 Å². The Bertz CT molecular complexity index is 502. The molecule has 0 amide bonds. The van der Waals surface area contributed by atoms with Crippen LogP contribution in [0.4, 0.5) is 0 Å². The zero-order valence-electron chi connectivity index (χ0n) is 9.73. The molecule has 1 aromatic carbocycles. The van der Waals surface area contributed by atoms with E-state index in [-0.39, 0.29) is 0 Å². The average Bonchev–Trinajstić information content (AvgIpc) is 2.81. The summed E-state index contributed by atoms with van der Waals surface area (Å²) < 4.78 is 1.42. The number of hydrogen-bond acceptors (Lipinski definition) is 2. The standard InChI is InChI=1S/C14H17NS/c1-9-7-12(10(2)15-9)13-8-16-14-6-4-3-5-11(13)14/h3-6,8-10,12,15H,7H2,1-2H3. The highest BCUT2D eigenvalue weighted by molar-refractivity contribution is 7.17. The monoisotopic (exact) mass is 231 g/mol. The maximum Gasteiger partial charge on any atom is 0.0345 e. The predicted octanol–water partition coefficient (Wildman–Crippen LogP) is 3.76. The molecule has 0 radical (unpaired) electrons. The van der Waals surface area contributed by atoms with E-state index in [0.717, 1.165) is 0 Å². The lowest BCUT2D eigenvalue weighted by Crippen LogP contribution is -2.26. The van der Waals surface area contributed by atoms with Gasteiger partial charge in [0.25, 0.3) is 0 Å². The quantitative estimate of drug-likeness (QED) is 0.788. The molecule has 84 valence electrons. The highest BCUT2D eigenvalue weighted by Gasteiger charge is 2.30. The minimum absolute atomic E-state index is 0.605. The van der Waals surface area contributed by atoms with Crippen LogP contribution in [0.3, 0.4) is 0 Å². The second-order valence-corrected chi connectivity index (χ2v) is 5.80. The molecule has 1 aliphatic rings. The number of nitrogens with one attached hydrogen (secondary N) is 1. The largest absolute Gasteiger partial charge is 0.311 e. The Hall–Kier alpha value is -0.860. The Morgan fingerprint density at radius 3 is 2.81 bits per heavy atom. The lowest BCUT2D eigenvalue weighted by Gasteiger charge is -2.14. The van der Waals surface area contributed by atoms with Gasteiger partial charge in [-0.2, -0.15) is 0 Å². The number of fused-ring (bicyclic) bond motifs is 1. The van der Waals surface area contributed by atoms with Gasteiger partial charge in [-0.15, -0.1) is 11.3 Å². The van der Waals surface area contributed by atoms with E-state index in [1.165, 1.54) is 16.5 Å². The second kappa shape index (κ2) is 3.86. The van der Waals surface area contributed by atoms with Gasteiger partial charge in [-0.1, -0.05) is 18.2 Å². The highest BCUT2D eigenvalue weighted by atomic mass is 32.1. The van der Waals surface area contributed by atoms with Crippen molar-refractivity contribution in [1.29, 1.82) is 0 Å². The average molecular weight is 231 g/mol. The van der Waals surface area contributed by atoms with Crippen LogP contribution in [-0.4, -0.2) is 12.1 Å². The van der Waals surface area contributed by atoms with Gasteiger partial charge in [-0.05, 0) is 42.7 Å². The molecule has 16 heavy (non-hydrogen) atoms. The van der Waals surface area contributed by atoms with Crippen LogP contribution in [0, 0.1) is 0 Å². The van der Waals surface area contributed by atoms with Crippen molar-refractivity contribution < 1.29 is 0 Å². The van der Waals surface area contributed by atoms with Crippen molar-refractivity contribution in [2.45, 2.75) is 38.3 Å². The van der Waals surface area contributed by atoms with Gasteiger partial charge in [0.2, 0.25) is 0 Å². The zero-order chi connectivity index (χ0) is 11.1. The smallest absolute Gasteiger partial charge is 0.0345 e. The fraction of sp³-hybridized carbons (Fsp3) is 0.429. The van der Waals surface area contributed by atoms with E-state index in [2.05, 4.69) is 48.8 Å². The number of benzene rings is 1. The molecule has 3 rings (SSSR count). The van der Waals surface area contributed by atoms with Crippen molar-refractivity contribution in [3.05, 3.63) is 35.2 Å². The summed E-state index contributed by atoms with van der Waals surface area (Å²) in [6.45, 7) is 4.59. The van der Waals surface area contributed by atoms with Crippen LogP contribution in [0.15, 0.2) is 29.6 Å². The third-order valence-corrected chi connectivity index (χ3v) is 4.65. The summed E-state index contributed by atoms with van der Waals surface area (Å²) >= 11 is 1.88. The summed E-state index contributed by atoms with van der Waals surface area (Å²) in [6.07, 6.45) is 1.27. The van der Waals surface area contributed by atoms with Crippen LogP contribution in [-0.2, 0) is 0 Å². The molecule has 1 fully saturated rings. The molecule has 0 bridgehead atoms. The van der Waals surface area contributed by atoms with Crippen molar-refractivity contribution >= 4 is 21.4 Å². The summed E-state index contributed by atoms with van der Waals surface area (Å²) in [5, 5.41) is 7.44. The zero-order valence-corrected chi connectivity index (χ0v) is 10.6. The van der Waals surface area contributed by atoms with Crippen molar-refractivity contribution in [3.8, 4) is 0 Å². The molecule has 0 spiro atoms. The van der Waals surface area contributed by atoms with Crippen LogP contribution in [0.5, 0.6) is 0 Å². The molecule has 1 nitrogen and oxygen atoms in total. The van der Waals surface area contributed by atoms with Gasteiger partial charge >= 0.3 is 0 Å². The van der Waals surface area contributed by atoms with Crippen LogP contribution in [0.2, 0.25) is 0 Å². The van der Waals surface area contributed by atoms with E-state index >= 15 is 0 Å². The molecule has 3 atom stereocenters. The summed E-state index contributed by atoms with van der Waals surface area (Å²) in [6, 6.07) is 10.0. The molecular weight excluding hydrogens is 214 g/mol. The third kappa shape index (κ3) is 1.57. The first-order chi connectivity index (χ1) is 7.75. The summed E-state index contributed by atoms with van der Waals surface area (Å²) in [4.78, 5) is 0. The van der Waals surface area contributed by atoms with E-state index in [4.69, 9.17) is 0 Å². The van der Waals surface area contributed by atoms with Crippen LogP contribution >= 0.6 is 11.3 Å². The number of rotatable bonds is 1. The van der Waals surface area contributed by atoms with Crippen molar-refractivity contribution in [2.75, 3.05) is 0 Å². The second-order valence-electron chi connectivity index (χ2n) is 4.89. The van der Waals surface area contributed by atoms with E-state index in [1.54, 1.807) is 5.56 Å². The Morgan fingerprint density at radius 1 is 1.25 bits per heavy atom. The molecule has 2 heteroatoms. The fourth-order valence-corrected chi connectivity index (χ4v) is 3.93. The Balaban J connectivity index is 2.06. The molecule has 2 heterocycles. The number of thiophene rings is 1. The molecular formula is C14H17NS. The molecule has 1 saturated heterocycles. The summed E-state index contributed by atoms with van der Waals surface area (Å²) in [5.41, 5.74) is 1.55. The third-order valence-electron chi connectivity index (χ3n) is 3.67. The minimum atomic E-state index is 0.605. The van der Waals surface area contributed by atoms with Crippen LogP contribution < -0.4 is 5.32 Å². The lowest BCUT2D eigenvalue weighted by atomic mass is 9.91. The van der Waals surface area contributed by atoms with Gasteiger partial charge in [0.15, 0.2) is 0 Å². The highest BCUT2D eigenvalue weighted by Crippen LogP contribution is 2.37. The van der Waals surface area contributed by atoms with Crippen molar-refractivity contribution in [3.63, 3.8) is 0 Å². The Kier molecular flexibility index (Phi) is 2.49.